The van der Waals surface area contributed by atoms with Gasteiger partial charge in [-0.3, -0.25) is 0 Å². The summed E-state index contributed by atoms with van der Waals surface area (Å²) in [4.78, 5) is 0. The zero-order valence-corrected chi connectivity index (χ0v) is 17.0. The smallest absolute Gasteiger partial charge is 0.248 e. The number of benzene rings is 2. The van der Waals surface area contributed by atoms with Crippen LogP contribution in [0.2, 0.25) is 5.15 Å². The van der Waals surface area contributed by atoms with E-state index >= 15 is 0 Å². The summed E-state index contributed by atoms with van der Waals surface area (Å²) in [6.07, 6.45) is 2.03. The first-order valence-corrected chi connectivity index (χ1v) is 9.74. The maximum absolute atomic E-state index is 13.3. The Bertz CT molecular complexity index is 1260. The van der Waals surface area contributed by atoms with Crippen LogP contribution in [0.1, 0.15) is 28.4 Å². The topological polar surface area (TPSA) is 73.5 Å². The maximum Gasteiger partial charge on any atom is 0.248 e. The third-order valence-corrected chi connectivity index (χ3v) is 5.47. The highest BCUT2D eigenvalue weighted by atomic mass is 35.5. The Balaban J connectivity index is 1.63. The van der Waals surface area contributed by atoms with Crippen molar-refractivity contribution >= 4 is 23.2 Å². The highest BCUT2D eigenvalue weighted by molar-refractivity contribution is 6.30. The fourth-order valence-corrected chi connectivity index (χ4v) is 3.95. The fourth-order valence-electron chi connectivity index (χ4n) is 3.56. The molecule has 1 N–H and O–H groups in total. The van der Waals surface area contributed by atoms with Crippen LogP contribution in [0.15, 0.2) is 54.6 Å². The molecule has 1 atom stereocenters. The summed E-state index contributed by atoms with van der Waals surface area (Å²) in [7, 11) is 0. The molecule has 0 unspecified atom stereocenters. The molecule has 0 amide bonds. The van der Waals surface area contributed by atoms with Crippen LogP contribution in [0, 0.1) is 19.7 Å². The molecule has 3 heterocycles. The Morgan fingerprint density at radius 3 is 2.50 bits per heavy atom. The van der Waals surface area contributed by atoms with Crippen molar-refractivity contribution < 1.29 is 4.39 Å². The van der Waals surface area contributed by atoms with Gasteiger partial charge in [-0.05, 0) is 60.2 Å². The van der Waals surface area contributed by atoms with Crippen LogP contribution in [0.5, 0.6) is 0 Å². The van der Waals surface area contributed by atoms with Gasteiger partial charge < -0.3 is 5.32 Å². The Morgan fingerprint density at radius 1 is 1.03 bits per heavy atom. The number of hydrogen-bond acceptors (Lipinski definition) is 5. The van der Waals surface area contributed by atoms with Crippen LogP contribution < -0.4 is 5.32 Å². The summed E-state index contributed by atoms with van der Waals surface area (Å²) in [5.74, 6) is 0.199. The number of fused-ring (bicyclic) bond motifs is 1. The van der Waals surface area contributed by atoms with Crippen LogP contribution >= 0.6 is 11.6 Å². The molecule has 0 fully saturated rings. The van der Waals surface area contributed by atoms with E-state index in [1.165, 1.54) is 17.7 Å². The molecule has 0 saturated carbocycles. The lowest BCUT2D eigenvalue weighted by atomic mass is 10.0. The monoisotopic (exact) mass is 421 g/mol. The Morgan fingerprint density at radius 2 is 1.77 bits per heavy atom. The van der Waals surface area contributed by atoms with Crippen molar-refractivity contribution in [3.8, 4) is 5.69 Å². The Labute approximate surface area is 176 Å². The number of aromatic nitrogens is 6. The van der Waals surface area contributed by atoms with Gasteiger partial charge in [-0.15, -0.1) is 0 Å². The minimum Gasteiger partial charge on any atom is -0.323 e. The molecule has 4 aromatic rings. The van der Waals surface area contributed by atoms with E-state index in [0.717, 1.165) is 22.5 Å². The Hall–Kier alpha value is -3.52. The average Bonchev–Trinajstić information content (AvgIpc) is 3.33. The molecule has 1 aliphatic rings. The molecule has 0 aliphatic carbocycles. The SMILES string of the molecule is Cc1ccc(C2=C[C@H](c3c(C)nn(-c4ccc(F)cc4)c3Cl)n3nnnc3N2)cc1. The first-order chi connectivity index (χ1) is 14.5. The van der Waals surface area contributed by atoms with Gasteiger partial charge in [0.05, 0.1) is 11.4 Å². The van der Waals surface area contributed by atoms with Gasteiger partial charge in [-0.2, -0.15) is 9.78 Å². The molecular weight excluding hydrogens is 405 g/mol. The van der Waals surface area contributed by atoms with Crippen molar-refractivity contribution in [1.29, 1.82) is 0 Å². The van der Waals surface area contributed by atoms with Crippen molar-refractivity contribution in [3.05, 3.63) is 88.0 Å². The first-order valence-electron chi connectivity index (χ1n) is 9.36. The van der Waals surface area contributed by atoms with Gasteiger partial charge >= 0.3 is 0 Å². The summed E-state index contributed by atoms with van der Waals surface area (Å²) < 4.78 is 16.6. The maximum atomic E-state index is 13.3. The summed E-state index contributed by atoms with van der Waals surface area (Å²) in [5, 5.41) is 20.3. The molecule has 2 aromatic carbocycles. The molecule has 5 rings (SSSR count). The van der Waals surface area contributed by atoms with Gasteiger partial charge in [0.15, 0.2) is 0 Å². The van der Waals surface area contributed by atoms with Crippen LogP contribution in [-0.2, 0) is 0 Å². The molecule has 9 heteroatoms. The van der Waals surface area contributed by atoms with E-state index in [1.54, 1.807) is 21.5 Å². The second-order valence-corrected chi connectivity index (χ2v) is 7.50. The normalized spacial score (nSPS) is 15.5. The molecule has 1 aliphatic heterocycles. The molecular formula is C21H17ClFN7. The van der Waals surface area contributed by atoms with Crippen molar-refractivity contribution in [3.63, 3.8) is 0 Å². The second-order valence-electron chi connectivity index (χ2n) is 7.14. The first kappa shape index (κ1) is 18.5. The number of halogens is 2. The average molecular weight is 422 g/mol. The van der Waals surface area contributed by atoms with Crippen molar-refractivity contribution in [2.24, 2.45) is 0 Å². The third kappa shape index (κ3) is 3.05. The number of allylic oxidation sites excluding steroid dienone is 1. The number of aryl methyl sites for hydroxylation is 2. The third-order valence-electron chi connectivity index (χ3n) is 5.10. The summed E-state index contributed by atoms with van der Waals surface area (Å²) in [6.45, 7) is 3.93. The van der Waals surface area contributed by atoms with E-state index in [2.05, 4.69) is 38.1 Å². The van der Waals surface area contributed by atoms with E-state index < -0.39 is 0 Å². The molecule has 30 heavy (non-hydrogen) atoms. The number of tetrazole rings is 1. The van der Waals surface area contributed by atoms with Gasteiger partial charge in [-0.25, -0.2) is 9.07 Å². The lowest BCUT2D eigenvalue weighted by Crippen LogP contribution is -2.20. The minimum absolute atomic E-state index is 0.318. The summed E-state index contributed by atoms with van der Waals surface area (Å²) in [5.41, 5.74) is 5.25. The molecule has 0 saturated heterocycles. The number of anilines is 1. The second kappa shape index (κ2) is 7.07. The highest BCUT2D eigenvalue weighted by Gasteiger charge is 2.30. The van der Waals surface area contributed by atoms with Crippen LogP contribution in [0.25, 0.3) is 11.4 Å². The lowest BCUT2D eigenvalue weighted by molar-refractivity contribution is 0.584. The van der Waals surface area contributed by atoms with Crippen LogP contribution in [-0.4, -0.2) is 30.0 Å². The molecule has 7 nitrogen and oxygen atoms in total. The van der Waals surface area contributed by atoms with Crippen LogP contribution in [0.4, 0.5) is 10.3 Å². The van der Waals surface area contributed by atoms with Gasteiger partial charge in [0.25, 0.3) is 0 Å². The van der Waals surface area contributed by atoms with E-state index in [0.29, 0.717) is 16.8 Å². The number of rotatable bonds is 3. The standard InChI is InChI=1S/C21H17ClFN7/c1-12-3-5-14(6-4-12)17-11-18(30-21(24-17)25-27-28-30)19-13(2)26-29(20(19)22)16-9-7-15(23)8-10-16/h3-11,18H,1-2H3,(H,24,25,28)/t18-/m1/s1. The lowest BCUT2D eigenvalue weighted by Gasteiger charge is -2.23. The Kier molecular flexibility index (Phi) is 4.36. The predicted molar refractivity (Wildman–Crippen MR) is 112 cm³/mol. The number of hydrogen-bond donors (Lipinski definition) is 1. The van der Waals surface area contributed by atoms with Gasteiger partial charge in [0, 0.05) is 11.3 Å². The van der Waals surface area contributed by atoms with Crippen molar-refractivity contribution in [2.75, 3.05) is 5.32 Å². The molecule has 2 aromatic heterocycles. The minimum atomic E-state index is -0.353. The largest absolute Gasteiger partial charge is 0.323 e. The number of nitrogens with zero attached hydrogens (tertiary/aromatic N) is 6. The molecule has 0 bridgehead atoms. The van der Waals surface area contributed by atoms with E-state index in [4.69, 9.17) is 11.6 Å². The van der Waals surface area contributed by atoms with E-state index in [1.807, 2.05) is 32.1 Å². The highest BCUT2D eigenvalue weighted by Crippen LogP contribution is 2.37. The summed E-state index contributed by atoms with van der Waals surface area (Å²) >= 11 is 6.76. The zero-order chi connectivity index (χ0) is 20.8. The van der Waals surface area contributed by atoms with E-state index in [-0.39, 0.29) is 11.9 Å². The zero-order valence-electron chi connectivity index (χ0n) is 16.2. The predicted octanol–water partition coefficient (Wildman–Crippen LogP) is 4.32. The van der Waals surface area contributed by atoms with E-state index in [9.17, 15) is 4.39 Å². The van der Waals surface area contributed by atoms with Crippen molar-refractivity contribution in [1.82, 2.24) is 30.0 Å². The van der Waals surface area contributed by atoms with Gasteiger partial charge in [0.2, 0.25) is 5.95 Å². The fraction of sp³-hybridized carbons (Fsp3) is 0.143. The van der Waals surface area contributed by atoms with Gasteiger partial charge in [0.1, 0.15) is 17.0 Å². The van der Waals surface area contributed by atoms with Gasteiger partial charge in [-0.1, -0.05) is 46.5 Å². The van der Waals surface area contributed by atoms with Crippen LogP contribution in [0.3, 0.4) is 0 Å². The summed E-state index contributed by atoms with van der Waals surface area (Å²) in [6, 6.07) is 13.9. The number of nitrogens with one attached hydrogen (secondary N) is 1. The van der Waals surface area contributed by atoms with Crippen molar-refractivity contribution in [2.45, 2.75) is 19.9 Å². The quantitative estimate of drug-likeness (QED) is 0.533. The molecule has 150 valence electrons. The molecule has 0 radical (unpaired) electrons. The molecule has 0 spiro atoms.